The molecule has 0 aliphatic heterocycles. The van der Waals surface area contributed by atoms with Crippen LogP contribution in [-0.4, -0.2) is 14.6 Å². The van der Waals surface area contributed by atoms with Crippen LogP contribution < -0.4 is 5.19 Å². The largest absolute Gasteiger partial charge is 0.398 e. The van der Waals surface area contributed by atoms with Gasteiger partial charge < -0.3 is 4.43 Å². The predicted octanol–water partition coefficient (Wildman–Crippen LogP) is 2.29. The van der Waals surface area contributed by atoms with E-state index in [1.807, 2.05) is 32.1 Å². The standard InChI is InChI=1S/C14H19NOSi/c1-5-8-12-9-6-7-10-13(12)17(4)16-14(2,3)11-15/h5-7,9-10,17H,1,8H2,2-4H3. The van der Waals surface area contributed by atoms with Crippen molar-refractivity contribution in [3.63, 3.8) is 0 Å². The van der Waals surface area contributed by atoms with Gasteiger partial charge >= 0.3 is 0 Å². The molecule has 0 aliphatic rings. The molecule has 0 saturated heterocycles. The molecule has 0 radical (unpaired) electrons. The molecule has 0 aromatic heterocycles. The fourth-order valence-corrected chi connectivity index (χ4v) is 3.99. The van der Waals surface area contributed by atoms with E-state index in [-0.39, 0.29) is 0 Å². The Morgan fingerprint density at radius 1 is 1.47 bits per heavy atom. The first-order valence-corrected chi connectivity index (χ1v) is 7.98. The van der Waals surface area contributed by atoms with Gasteiger partial charge in [-0.15, -0.1) is 6.58 Å². The van der Waals surface area contributed by atoms with Crippen LogP contribution in [0, 0.1) is 11.3 Å². The minimum Gasteiger partial charge on any atom is -0.398 e. The highest BCUT2D eigenvalue weighted by molar-refractivity contribution is 6.66. The SMILES string of the molecule is C=CCc1ccccc1[SiH](C)OC(C)(C)C#N. The van der Waals surface area contributed by atoms with E-state index >= 15 is 0 Å². The third-order valence-electron chi connectivity index (χ3n) is 2.60. The molecule has 3 heteroatoms. The monoisotopic (exact) mass is 245 g/mol. The van der Waals surface area contributed by atoms with Crippen molar-refractivity contribution >= 4 is 14.2 Å². The zero-order valence-corrected chi connectivity index (χ0v) is 11.9. The van der Waals surface area contributed by atoms with E-state index in [0.717, 1.165) is 6.42 Å². The molecule has 0 bridgehead atoms. The van der Waals surface area contributed by atoms with Crippen molar-refractivity contribution in [1.29, 1.82) is 5.26 Å². The molecule has 0 heterocycles. The van der Waals surface area contributed by atoms with Gasteiger partial charge in [0, 0.05) is 0 Å². The summed E-state index contributed by atoms with van der Waals surface area (Å²) in [5.74, 6) is 0. The Morgan fingerprint density at radius 3 is 2.71 bits per heavy atom. The molecule has 1 rings (SSSR count). The van der Waals surface area contributed by atoms with Crippen LogP contribution in [0.3, 0.4) is 0 Å². The Morgan fingerprint density at radius 2 is 2.12 bits per heavy atom. The van der Waals surface area contributed by atoms with Gasteiger partial charge in [-0.05, 0) is 37.6 Å². The summed E-state index contributed by atoms with van der Waals surface area (Å²) in [7, 11) is -1.54. The minimum absolute atomic E-state index is 0.701. The molecule has 0 spiro atoms. The fraction of sp³-hybridized carbons (Fsp3) is 0.357. The second kappa shape index (κ2) is 5.81. The maximum atomic E-state index is 8.99. The molecule has 0 N–H and O–H groups in total. The molecule has 2 nitrogen and oxygen atoms in total. The Labute approximate surface area is 105 Å². The molecule has 0 saturated carbocycles. The van der Waals surface area contributed by atoms with E-state index in [1.54, 1.807) is 0 Å². The van der Waals surface area contributed by atoms with Crippen LogP contribution in [0.4, 0.5) is 0 Å². The van der Waals surface area contributed by atoms with Crippen molar-refractivity contribution in [2.75, 3.05) is 0 Å². The Balaban J connectivity index is 2.92. The summed E-state index contributed by atoms with van der Waals surface area (Å²) in [6.45, 7) is 9.51. The summed E-state index contributed by atoms with van der Waals surface area (Å²) in [5.41, 5.74) is 0.558. The van der Waals surface area contributed by atoms with Crippen molar-refractivity contribution in [1.82, 2.24) is 0 Å². The molecule has 0 fully saturated rings. The van der Waals surface area contributed by atoms with Gasteiger partial charge in [-0.2, -0.15) is 5.26 Å². The Kier molecular flexibility index (Phi) is 4.68. The van der Waals surface area contributed by atoms with Crippen molar-refractivity contribution < 1.29 is 4.43 Å². The summed E-state index contributed by atoms with van der Waals surface area (Å²) in [6, 6.07) is 10.4. The maximum absolute atomic E-state index is 8.99. The van der Waals surface area contributed by atoms with Crippen molar-refractivity contribution in [2.45, 2.75) is 32.4 Å². The number of nitrogens with zero attached hydrogens (tertiary/aromatic N) is 1. The number of rotatable bonds is 5. The average molecular weight is 245 g/mol. The molecule has 0 amide bonds. The summed E-state index contributed by atoms with van der Waals surface area (Å²) in [4.78, 5) is 0. The minimum atomic E-state index is -1.54. The van der Waals surface area contributed by atoms with Gasteiger partial charge in [-0.25, -0.2) is 0 Å². The normalized spacial score (nSPS) is 12.8. The van der Waals surface area contributed by atoms with Crippen molar-refractivity contribution in [3.05, 3.63) is 42.5 Å². The van der Waals surface area contributed by atoms with E-state index < -0.39 is 14.6 Å². The van der Waals surface area contributed by atoms with E-state index in [9.17, 15) is 0 Å². The highest BCUT2D eigenvalue weighted by Crippen LogP contribution is 2.10. The molecule has 1 aromatic rings. The molecule has 1 atom stereocenters. The Hall–Kier alpha value is -1.37. The molecule has 1 unspecified atom stereocenters. The van der Waals surface area contributed by atoms with Gasteiger partial charge in [-0.3, -0.25) is 0 Å². The first-order valence-electron chi connectivity index (χ1n) is 5.78. The van der Waals surface area contributed by atoms with Gasteiger partial charge in [0.15, 0.2) is 0 Å². The number of hydrogen-bond acceptors (Lipinski definition) is 2. The van der Waals surface area contributed by atoms with Gasteiger partial charge in [0.25, 0.3) is 0 Å². The summed E-state index contributed by atoms with van der Waals surface area (Å²) >= 11 is 0. The van der Waals surface area contributed by atoms with E-state index in [4.69, 9.17) is 9.69 Å². The van der Waals surface area contributed by atoms with Crippen molar-refractivity contribution in [2.24, 2.45) is 0 Å². The molecular formula is C14H19NOSi. The highest BCUT2D eigenvalue weighted by Gasteiger charge is 2.23. The van der Waals surface area contributed by atoms with E-state index in [0.29, 0.717) is 0 Å². The zero-order chi connectivity index (χ0) is 12.9. The first kappa shape index (κ1) is 13.7. The smallest absolute Gasteiger partial charge is 0.207 e. The lowest BCUT2D eigenvalue weighted by molar-refractivity contribution is 0.174. The Bertz CT molecular complexity index is 434. The first-order chi connectivity index (χ1) is 8.00. The van der Waals surface area contributed by atoms with Crippen LogP contribution >= 0.6 is 0 Å². The highest BCUT2D eigenvalue weighted by atomic mass is 28.3. The number of nitriles is 1. The summed E-state index contributed by atoms with van der Waals surface area (Å²) < 4.78 is 5.90. The van der Waals surface area contributed by atoms with Crippen LogP contribution in [0.15, 0.2) is 36.9 Å². The van der Waals surface area contributed by atoms with Crippen LogP contribution in [0.25, 0.3) is 0 Å². The van der Waals surface area contributed by atoms with Crippen LogP contribution in [-0.2, 0) is 10.8 Å². The number of allylic oxidation sites excluding steroid dienone is 1. The van der Waals surface area contributed by atoms with E-state index in [1.165, 1.54) is 10.8 Å². The predicted molar refractivity (Wildman–Crippen MR) is 73.8 cm³/mol. The lowest BCUT2D eigenvalue weighted by Crippen LogP contribution is -2.40. The van der Waals surface area contributed by atoms with Gasteiger partial charge in [0.1, 0.15) is 5.60 Å². The van der Waals surface area contributed by atoms with Crippen LogP contribution in [0.2, 0.25) is 6.55 Å². The molecule has 90 valence electrons. The fourth-order valence-electron chi connectivity index (χ4n) is 1.80. The summed E-state index contributed by atoms with van der Waals surface area (Å²) in [5, 5.41) is 10.3. The number of hydrogen-bond donors (Lipinski definition) is 0. The molecular weight excluding hydrogens is 226 g/mol. The van der Waals surface area contributed by atoms with Crippen molar-refractivity contribution in [3.8, 4) is 6.07 Å². The molecule has 17 heavy (non-hydrogen) atoms. The summed E-state index contributed by atoms with van der Waals surface area (Å²) in [6.07, 6.45) is 2.75. The van der Waals surface area contributed by atoms with E-state index in [2.05, 4.69) is 31.3 Å². The second-order valence-electron chi connectivity index (χ2n) is 4.57. The lowest BCUT2D eigenvalue weighted by atomic mass is 10.1. The zero-order valence-electron chi connectivity index (χ0n) is 10.7. The van der Waals surface area contributed by atoms with Gasteiger partial charge in [0.05, 0.1) is 6.07 Å². The van der Waals surface area contributed by atoms with Crippen LogP contribution in [0.1, 0.15) is 19.4 Å². The van der Waals surface area contributed by atoms with Crippen LogP contribution in [0.5, 0.6) is 0 Å². The maximum Gasteiger partial charge on any atom is 0.207 e. The second-order valence-corrected chi connectivity index (χ2v) is 6.72. The average Bonchev–Trinajstić information content (AvgIpc) is 2.29. The molecule has 0 aliphatic carbocycles. The topological polar surface area (TPSA) is 33.0 Å². The quantitative estimate of drug-likeness (QED) is 0.589. The lowest BCUT2D eigenvalue weighted by Gasteiger charge is -2.23. The molecule has 1 aromatic carbocycles. The third-order valence-corrected chi connectivity index (χ3v) is 4.98. The van der Waals surface area contributed by atoms with Gasteiger partial charge in [-0.1, -0.05) is 30.3 Å². The third kappa shape index (κ3) is 3.85. The van der Waals surface area contributed by atoms with Gasteiger partial charge in [0.2, 0.25) is 9.04 Å². The number of benzene rings is 1.